The number of anilines is 2. The van der Waals surface area contributed by atoms with Crippen molar-refractivity contribution in [3.63, 3.8) is 0 Å². The number of ether oxygens (including phenoxy) is 1. The number of benzene rings is 2. The van der Waals surface area contributed by atoms with Gasteiger partial charge in [-0.1, -0.05) is 25.5 Å². The third kappa shape index (κ3) is 7.40. The Morgan fingerprint density at radius 1 is 1.10 bits per heavy atom. The van der Waals surface area contributed by atoms with Crippen molar-refractivity contribution in [1.29, 1.82) is 0 Å². The van der Waals surface area contributed by atoms with Gasteiger partial charge in [0.25, 0.3) is 0 Å². The molecule has 166 valence electrons. The van der Waals surface area contributed by atoms with E-state index in [1.165, 1.54) is 0 Å². The lowest BCUT2D eigenvalue weighted by molar-refractivity contribution is -0.116. The molecule has 1 aliphatic rings. The Morgan fingerprint density at radius 2 is 1.84 bits per heavy atom. The van der Waals surface area contributed by atoms with E-state index in [0.29, 0.717) is 19.0 Å². The first kappa shape index (κ1) is 22.8. The molecule has 0 spiro atoms. The lowest BCUT2D eigenvalue weighted by Gasteiger charge is -2.19. The number of Topliss-reactive ketones (excluding diaryl/α,β-unsaturated/α-hetero) is 1. The zero-order valence-corrected chi connectivity index (χ0v) is 18.5. The fourth-order valence-electron chi connectivity index (χ4n) is 3.63. The summed E-state index contributed by atoms with van der Waals surface area (Å²) in [5.74, 6) is 0.964. The highest BCUT2D eigenvalue weighted by molar-refractivity contribution is 5.92. The van der Waals surface area contributed by atoms with Crippen LogP contribution < -0.4 is 20.3 Å². The summed E-state index contributed by atoms with van der Waals surface area (Å²) >= 11 is 0. The average molecular weight is 424 g/mol. The zero-order chi connectivity index (χ0) is 22.1. The van der Waals surface area contributed by atoms with Gasteiger partial charge in [0.1, 0.15) is 11.5 Å². The number of hydrogen-bond donors (Lipinski definition) is 2. The molecule has 0 radical (unpaired) electrons. The molecule has 1 aliphatic heterocycles. The number of rotatable bonds is 11. The molecule has 0 bridgehead atoms. The van der Waals surface area contributed by atoms with Crippen molar-refractivity contribution in [1.82, 2.24) is 5.32 Å². The van der Waals surface area contributed by atoms with Crippen molar-refractivity contribution < 1.29 is 14.3 Å². The maximum Gasteiger partial charge on any atom is 0.228 e. The first-order chi connectivity index (χ1) is 15.0. The summed E-state index contributed by atoms with van der Waals surface area (Å²) in [5.41, 5.74) is 2.88. The molecule has 1 fully saturated rings. The van der Waals surface area contributed by atoms with Crippen LogP contribution >= 0.6 is 0 Å². The Morgan fingerprint density at radius 3 is 2.52 bits per heavy atom. The molecule has 1 unspecified atom stereocenters. The highest BCUT2D eigenvalue weighted by Crippen LogP contribution is 2.22. The standard InChI is InChI=1S/C25H33N3O3/c1-3-4-15-31-24-11-5-20(6-12-24)16-25(30)27-21-7-9-23(10-8-21)28-14-13-22(18-28)26-17-19(2)29/h5-12,22,26H,3-4,13-18H2,1-2H3,(H,27,30). The molecule has 31 heavy (non-hydrogen) atoms. The maximum atomic E-state index is 12.4. The molecular weight excluding hydrogens is 390 g/mol. The van der Waals surface area contributed by atoms with Crippen molar-refractivity contribution in [2.24, 2.45) is 0 Å². The van der Waals surface area contributed by atoms with E-state index in [-0.39, 0.29) is 11.7 Å². The SMILES string of the molecule is CCCCOc1ccc(CC(=O)Nc2ccc(N3CCC(NCC(C)=O)C3)cc2)cc1. The Hall–Kier alpha value is -2.86. The van der Waals surface area contributed by atoms with Crippen molar-refractivity contribution in [2.75, 3.05) is 36.5 Å². The van der Waals surface area contributed by atoms with E-state index < -0.39 is 0 Å². The summed E-state index contributed by atoms with van der Waals surface area (Å²) in [6.07, 6.45) is 3.50. The molecular formula is C25H33N3O3. The number of unbranched alkanes of at least 4 members (excludes halogenated alkanes) is 1. The van der Waals surface area contributed by atoms with Crippen LogP contribution in [-0.2, 0) is 16.0 Å². The molecule has 1 atom stereocenters. The lowest BCUT2D eigenvalue weighted by Crippen LogP contribution is -2.35. The summed E-state index contributed by atoms with van der Waals surface area (Å²) in [6, 6.07) is 16.0. The van der Waals surface area contributed by atoms with Gasteiger partial charge < -0.3 is 20.3 Å². The van der Waals surface area contributed by atoms with Gasteiger partial charge in [-0.25, -0.2) is 0 Å². The third-order valence-electron chi connectivity index (χ3n) is 5.40. The van der Waals surface area contributed by atoms with E-state index in [2.05, 4.69) is 22.5 Å². The number of amides is 1. The van der Waals surface area contributed by atoms with Crippen LogP contribution in [0.1, 0.15) is 38.7 Å². The summed E-state index contributed by atoms with van der Waals surface area (Å²) in [7, 11) is 0. The van der Waals surface area contributed by atoms with Crippen LogP contribution in [0.3, 0.4) is 0 Å². The second-order valence-corrected chi connectivity index (χ2v) is 8.13. The van der Waals surface area contributed by atoms with E-state index in [9.17, 15) is 9.59 Å². The van der Waals surface area contributed by atoms with Crippen molar-refractivity contribution in [2.45, 2.75) is 45.6 Å². The van der Waals surface area contributed by atoms with E-state index in [1.807, 2.05) is 48.5 Å². The fourth-order valence-corrected chi connectivity index (χ4v) is 3.63. The summed E-state index contributed by atoms with van der Waals surface area (Å²) in [5, 5.41) is 6.27. The first-order valence-corrected chi connectivity index (χ1v) is 11.1. The van der Waals surface area contributed by atoms with Gasteiger partial charge in [-0.3, -0.25) is 9.59 Å². The van der Waals surface area contributed by atoms with Crippen LogP contribution in [0.25, 0.3) is 0 Å². The molecule has 0 aromatic heterocycles. The number of ketones is 1. The zero-order valence-electron chi connectivity index (χ0n) is 18.5. The molecule has 0 saturated carbocycles. The van der Waals surface area contributed by atoms with Gasteiger partial charge in [0, 0.05) is 30.5 Å². The Balaban J connectivity index is 1.45. The van der Waals surface area contributed by atoms with Crippen LogP contribution in [-0.4, -0.2) is 44.0 Å². The monoisotopic (exact) mass is 423 g/mol. The van der Waals surface area contributed by atoms with E-state index in [0.717, 1.165) is 61.6 Å². The molecule has 2 aromatic carbocycles. The molecule has 1 heterocycles. The number of nitrogens with zero attached hydrogens (tertiary/aromatic N) is 1. The normalized spacial score (nSPS) is 15.7. The highest BCUT2D eigenvalue weighted by atomic mass is 16.5. The van der Waals surface area contributed by atoms with Crippen LogP contribution in [0.4, 0.5) is 11.4 Å². The summed E-state index contributed by atoms with van der Waals surface area (Å²) in [4.78, 5) is 25.8. The van der Waals surface area contributed by atoms with Gasteiger partial charge in [-0.15, -0.1) is 0 Å². The van der Waals surface area contributed by atoms with E-state index in [4.69, 9.17) is 4.74 Å². The molecule has 2 N–H and O–H groups in total. The minimum absolute atomic E-state index is 0.0397. The number of carbonyl (C=O) groups excluding carboxylic acids is 2. The van der Waals surface area contributed by atoms with Crippen molar-refractivity contribution >= 4 is 23.1 Å². The van der Waals surface area contributed by atoms with Crippen LogP contribution in [0.15, 0.2) is 48.5 Å². The average Bonchev–Trinajstić information content (AvgIpc) is 3.23. The van der Waals surface area contributed by atoms with Crippen LogP contribution in [0.5, 0.6) is 5.75 Å². The molecule has 0 aliphatic carbocycles. The van der Waals surface area contributed by atoms with E-state index in [1.54, 1.807) is 6.92 Å². The molecule has 1 saturated heterocycles. The third-order valence-corrected chi connectivity index (χ3v) is 5.40. The van der Waals surface area contributed by atoms with Gasteiger partial charge in [-0.2, -0.15) is 0 Å². The number of nitrogens with one attached hydrogen (secondary N) is 2. The maximum absolute atomic E-state index is 12.4. The second kappa shape index (κ2) is 11.5. The van der Waals surface area contributed by atoms with E-state index >= 15 is 0 Å². The Bertz CT molecular complexity index is 849. The minimum Gasteiger partial charge on any atom is -0.494 e. The topological polar surface area (TPSA) is 70.7 Å². The molecule has 2 aromatic rings. The summed E-state index contributed by atoms with van der Waals surface area (Å²) < 4.78 is 5.66. The highest BCUT2D eigenvalue weighted by Gasteiger charge is 2.22. The second-order valence-electron chi connectivity index (χ2n) is 8.13. The predicted molar refractivity (Wildman–Crippen MR) is 125 cm³/mol. The summed E-state index contributed by atoms with van der Waals surface area (Å²) in [6.45, 7) is 6.73. The number of hydrogen-bond acceptors (Lipinski definition) is 5. The quantitative estimate of drug-likeness (QED) is 0.538. The van der Waals surface area contributed by atoms with Crippen LogP contribution in [0, 0.1) is 0 Å². The van der Waals surface area contributed by atoms with Gasteiger partial charge in [0.15, 0.2) is 0 Å². The molecule has 6 heteroatoms. The van der Waals surface area contributed by atoms with Gasteiger partial charge in [0.2, 0.25) is 5.91 Å². The Kier molecular flexibility index (Phi) is 8.47. The predicted octanol–water partition coefficient (Wildman–Crippen LogP) is 3.80. The fraction of sp³-hybridized carbons (Fsp3) is 0.440. The lowest BCUT2D eigenvalue weighted by atomic mass is 10.1. The molecule has 1 amide bonds. The van der Waals surface area contributed by atoms with Crippen molar-refractivity contribution in [3.8, 4) is 5.75 Å². The molecule has 3 rings (SSSR count). The largest absolute Gasteiger partial charge is 0.494 e. The van der Waals surface area contributed by atoms with Crippen LogP contribution in [0.2, 0.25) is 0 Å². The molecule has 6 nitrogen and oxygen atoms in total. The van der Waals surface area contributed by atoms with Gasteiger partial charge in [0.05, 0.1) is 19.6 Å². The van der Waals surface area contributed by atoms with Gasteiger partial charge in [-0.05, 0) is 61.7 Å². The first-order valence-electron chi connectivity index (χ1n) is 11.1. The van der Waals surface area contributed by atoms with Gasteiger partial charge >= 0.3 is 0 Å². The smallest absolute Gasteiger partial charge is 0.228 e. The van der Waals surface area contributed by atoms with Crippen molar-refractivity contribution in [3.05, 3.63) is 54.1 Å². The minimum atomic E-state index is -0.0397. The Labute approximate surface area is 185 Å². The number of carbonyl (C=O) groups is 2.